The van der Waals surface area contributed by atoms with Gasteiger partial charge in [-0.15, -0.1) is 0 Å². The first-order chi connectivity index (χ1) is 16.3. The van der Waals surface area contributed by atoms with Crippen molar-refractivity contribution in [3.63, 3.8) is 0 Å². The molecule has 3 aromatic carbocycles. The largest absolute Gasteiger partial charge is 0.497 e. The van der Waals surface area contributed by atoms with Crippen molar-refractivity contribution < 1.29 is 27.4 Å². The van der Waals surface area contributed by atoms with E-state index in [0.717, 1.165) is 9.87 Å². The van der Waals surface area contributed by atoms with Gasteiger partial charge >= 0.3 is 0 Å². The van der Waals surface area contributed by atoms with Crippen LogP contribution in [0.4, 0.5) is 5.69 Å². The summed E-state index contributed by atoms with van der Waals surface area (Å²) in [4.78, 5) is 12.7. The molecule has 0 bridgehead atoms. The van der Waals surface area contributed by atoms with Gasteiger partial charge in [-0.3, -0.25) is 9.10 Å². The van der Waals surface area contributed by atoms with Crippen LogP contribution >= 0.6 is 0 Å². The van der Waals surface area contributed by atoms with Crippen LogP contribution in [0.15, 0.2) is 77.7 Å². The van der Waals surface area contributed by atoms with E-state index in [1.54, 1.807) is 55.6 Å². The molecule has 9 heteroatoms. The number of rotatable bonds is 11. The standard InChI is InChI=1S/C25H28N2O6S/c1-19-8-10-20(11-9-19)27(34(29,30)22-14-12-21(31-2)13-15-22)18-25(28)26-16-17-33-24-7-5-4-6-23(24)32-3/h4-15H,16-18H2,1-3H3,(H,26,28). The van der Waals surface area contributed by atoms with Gasteiger partial charge in [0, 0.05) is 0 Å². The van der Waals surface area contributed by atoms with Crippen LogP contribution in [0.3, 0.4) is 0 Å². The number of benzene rings is 3. The molecular formula is C25H28N2O6S. The Morgan fingerprint density at radius 1 is 0.882 bits per heavy atom. The van der Waals surface area contributed by atoms with Crippen LogP contribution in [-0.2, 0) is 14.8 Å². The molecule has 180 valence electrons. The average Bonchev–Trinajstić information content (AvgIpc) is 2.86. The molecule has 34 heavy (non-hydrogen) atoms. The van der Waals surface area contributed by atoms with Crippen molar-refractivity contribution in [1.29, 1.82) is 0 Å². The van der Waals surface area contributed by atoms with E-state index in [1.165, 1.54) is 19.2 Å². The predicted molar refractivity (Wildman–Crippen MR) is 130 cm³/mol. The third-order valence-corrected chi connectivity index (χ3v) is 6.80. The van der Waals surface area contributed by atoms with Crippen molar-refractivity contribution in [2.24, 2.45) is 0 Å². The Labute approximate surface area is 200 Å². The van der Waals surface area contributed by atoms with Crippen molar-refractivity contribution in [3.8, 4) is 17.2 Å². The lowest BCUT2D eigenvalue weighted by Crippen LogP contribution is -2.41. The van der Waals surface area contributed by atoms with E-state index in [2.05, 4.69) is 5.32 Å². The molecule has 0 spiro atoms. The molecule has 0 heterocycles. The number of ether oxygens (including phenoxy) is 3. The zero-order valence-electron chi connectivity index (χ0n) is 19.4. The molecule has 0 aromatic heterocycles. The fourth-order valence-corrected chi connectivity index (χ4v) is 4.60. The highest BCUT2D eigenvalue weighted by atomic mass is 32.2. The molecular weight excluding hydrogens is 456 g/mol. The third kappa shape index (κ3) is 6.20. The minimum Gasteiger partial charge on any atom is -0.497 e. The Hall–Kier alpha value is -3.72. The van der Waals surface area contributed by atoms with Crippen molar-refractivity contribution in [2.45, 2.75) is 11.8 Å². The highest BCUT2D eigenvalue weighted by molar-refractivity contribution is 7.92. The number of carbonyl (C=O) groups excluding carboxylic acids is 1. The van der Waals surface area contributed by atoms with Crippen LogP contribution in [0, 0.1) is 6.92 Å². The quantitative estimate of drug-likeness (QED) is 0.419. The lowest BCUT2D eigenvalue weighted by molar-refractivity contribution is -0.119. The number of nitrogens with one attached hydrogen (secondary N) is 1. The summed E-state index contributed by atoms with van der Waals surface area (Å²) >= 11 is 0. The Kier molecular flexibility index (Phi) is 8.37. The summed E-state index contributed by atoms with van der Waals surface area (Å²) < 4.78 is 43.9. The molecule has 0 saturated carbocycles. The van der Waals surface area contributed by atoms with Crippen molar-refractivity contribution in [3.05, 3.63) is 78.4 Å². The first-order valence-corrected chi connectivity index (χ1v) is 12.0. The molecule has 0 unspecified atom stereocenters. The van der Waals surface area contributed by atoms with Gasteiger partial charge in [-0.25, -0.2) is 8.42 Å². The highest BCUT2D eigenvalue weighted by Gasteiger charge is 2.27. The second kappa shape index (κ2) is 11.4. The molecule has 0 aliphatic heterocycles. The number of aryl methyl sites for hydroxylation is 1. The minimum absolute atomic E-state index is 0.0566. The van der Waals surface area contributed by atoms with Crippen molar-refractivity contribution >= 4 is 21.6 Å². The maximum Gasteiger partial charge on any atom is 0.264 e. The second-order valence-electron chi connectivity index (χ2n) is 7.37. The van der Waals surface area contributed by atoms with Gasteiger partial charge in [0.25, 0.3) is 10.0 Å². The molecule has 0 aliphatic rings. The summed E-state index contributed by atoms with van der Waals surface area (Å²) in [6.45, 7) is 1.91. The maximum atomic E-state index is 13.4. The zero-order chi connectivity index (χ0) is 24.6. The lowest BCUT2D eigenvalue weighted by Gasteiger charge is -2.24. The maximum absolute atomic E-state index is 13.4. The Bertz CT molecular complexity index is 1190. The Morgan fingerprint density at radius 3 is 2.15 bits per heavy atom. The van der Waals surface area contributed by atoms with Gasteiger partial charge in [-0.2, -0.15) is 0 Å². The van der Waals surface area contributed by atoms with E-state index in [-0.39, 0.29) is 24.6 Å². The molecule has 1 amide bonds. The average molecular weight is 485 g/mol. The fraction of sp³-hybridized carbons (Fsp3) is 0.240. The summed E-state index contributed by atoms with van der Waals surface area (Å²) in [6, 6.07) is 20.2. The Morgan fingerprint density at radius 2 is 1.53 bits per heavy atom. The molecule has 1 N–H and O–H groups in total. The number of sulfonamides is 1. The number of hydrogen-bond acceptors (Lipinski definition) is 6. The molecule has 0 fully saturated rings. The number of nitrogens with zero attached hydrogens (tertiary/aromatic N) is 1. The van der Waals surface area contributed by atoms with Crippen LogP contribution in [0.5, 0.6) is 17.2 Å². The topological polar surface area (TPSA) is 94.2 Å². The summed E-state index contributed by atoms with van der Waals surface area (Å²) in [5, 5.41) is 2.71. The normalized spacial score (nSPS) is 10.9. The number of para-hydroxylation sites is 2. The van der Waals surface area contributed by atoms with Crippen molar-refractivity contribution in [2.75, 3.05) is 38.2 Å². The summed E-state index contributed by atoms with van der Waals surface area (Å²) in [5.41, 5.74) is 1.37. The fourth-order valence-electron chi connectivity index (χ4n) is 3.18. The van der Waals surface area contributed by atoms with Gasteiger partial charge < -0.3 is 19.5 Å². The molecule has 0 saturated heterocycles. The van der Waals surface area contributed by atoms with Gasteiger partial charge in [0.05, 0.1) is 31.3 Å². The second-order valence-corrected chi connectivity index (χ2v) is 9.23. The van der Waals surface area contributed by atoms with E-state index >= 15 is 0 Å². The molecule has 0 atom stereocenters. The summed E-state index contributed by atoms with van der Waals surface area (Å²) in [7, 11) is -0.948. The van der Waals surface area contributed by atoms with Crippen LogP contribution in [0.1, 0.15) is 5.56 Å². The third-order valence-electron chi connectivity index (χ3n) is 5.01. The predicted octanol–water partition coefficient (Wildman–Crippen LogP) is 3.40. The van der Waals surface area contributed by atoms with Gasteiger partial charge in [0.1, 0.15) is 18.9 Å². The number of carbonyl (C=O) groups is 1. The Balaban J connectivity index is 1.71. The van der Waals surface area contributed by atoms with Gasteiger partial charge in [0.15, 0.2) is 11.5 Å². The lowest BCUT2D eigenvalue weighted by atomic mass is 10.2. The van der Waals surface area contributed by atoms with E-state index in [1.807, 2.05) is 19.1 Å². The molecule has 3 aromatic rings. The molecule has 8 nitrogen and oxygen atoms in total. The van der Waals surface area contributed by atoms with E-state index in [0.29, 0.717) is 22.9 Å². The van der Waals surface area contributed by atoms with Gasteiger partial charge in [0.2, 0.25) is 5.91 Å². The summed E-state index contributed by atoms with van der Waals surface area (Å²) in [6.07, 6.45) is 0. The first kappa shape index (κ1) is 24.9. The number of hydrogen-bond donors (Lipinski definition) is 1. The molecule has 0 radical (unpaired) electrons. The van der Waals surface area contributed by atoms with E-state index in [9.17, 15) is 13.2 Å². The van der Waals surface area contributed by atoms with Gasteiger partial charge in [-0.1, -0.05) is 29.8 Å². The van der Waals surface area contributed by atoms with Crippen LogP contribution in [-0.4, -0.2) is 48.2 Å². The van der Waals surface area contributed by atoms with Gasteiger partial charge in [-0.05, 0) is 55.5 Å². The molecule has 0 aliphatic carbocycles. The number of anilines is 1. The number of amides is 1. The zero-order valence-corrected chi connectivity index (χ0v) is 20.2. The van der Waals surface area contributed by atoms with Crippen LogP contribution in [0.25, 0.3) is 0 Å². The highest BCUT2D eigenvalue weighted by Crippen LogP contribution is 2.26. The monoisotopic (exact) mass is 484 g/mol. The van der Waals surface area contributed by atoms with Crippen LogP contribution in [0.2, 0.25) is 0 Å². The smallest absolute Gasteiger partial charge is 0.264 e. The van der Waals surface area contributed by atoms with E-state index < -0.39 is 15.9 Å². The summed E-state index contributed by atoms with van der Waals surface area (Å²) in [5.74, 6) is 1.22. The first-order valence-electron chi connectivity index (χ1n) is 10.6. The number of methoxy groups -OCH3 is 2. The SMILES string of the molecule is COc1ccc(S(=O)(=O)N(CC(=O)NCCOc2ccccc2OC)c2ccc(C)cc2)cc1. The van der Waals surface area contributed by atoms with E-state index in [4.69, 9.17) is 14.2 Å². The molecule has 3 rings (SSSR count). The minimum atomic E-state index is -4.00. The van der Waals surface area contributed by atoms with Crippen LogP contribution < -0.4 is 23.8 Å². The van der Waals surface area contributed by atoms with Crippen molar-refractivity contribution in [1.82, 2.24) is 5.32 Å².